The largest absolute Gasteiger partial charge is 0.370 e. The molecule has 0 fully saturated rings. The molecule has 0 aromatic heterocycles. The molecule has 17 heavy (non-hydrogen) atoms. The molecular weight excluding hydrogens is 208 g/mol. The topological polar surface area (TPSA) is 6.48 Å². The van der Waals surface area contributed by atoms with Crippen LogP contribution >= 0.6 is 0 Å². The van der Waals surface area contributed by atoms with E-state index >= 15 is 0 Å². The number of hydrogen-bond donors (Lipinski definition) is 0. The molecule has 0 unspecified atom stereocenters. The van der Waals surface area contributed by atoms with Gasteiger partial charge in [0.05, 0.1) is 0 Å². The minimum absolute atomic E-state index is 0.839. The van der Waals surface area contributed by atoms with E-state index in [0.29, 0.717) is 0 Å². The van der Waals surface area contributed by atoms with Crippen molar-refractivity contribution in [3.63, 3.8) is 0 Å². The Morgan fingerprint density at radius 1 is 0.647 bits per heavy atom. The van der Waals surface area contributed by atoms with Gasteiger partial charge in [0.25, 0.3) is 0 Å². The van der Waals surface area contributed by atoms with E-state index in [1.165, 1.54) is 0 Å². The molecule has 0 rings (SSSR count). The lowest BCUT2D eigenvalue weighted by Gasteiger charge is -2.19. The predicted molar refractivity (Wildman–Crippen MR) is 77.9 cm³/mol. The molecule has 0 aliphatic rings. The van der Waals surface area contributed by atoms with E-state index in [0.717, 1.165) is 32.7 Å². The summed E-state index contributed by atoms with van der Waals surface area (Å²) in [5.41, 5.74) is 0. The summed E-state index contributed by atoms with van der Waals surface area (Å²) in [5.74, 6) is 0. The van der Waals surface area contributed by atoms with Crippen LogP contribution < -0.4 is 0 Å². The summed E-state index contributed by atoms with van der Waals surface area (Å²) in [6.07, 6.45) is 11.8. The van der Waals surface area contributed by atoms with Crippen LogP contribution in [0.5, 0.6) is 0 Å². The van der Waals surface area contributed by atoms with Crippen LogP contribution in [-0.2, 0) is 0 Å². The van der Waals surface area contributed by atoms with Crippen molar-refractivity contribution < 1.29 is 0 Å². The van der Waals surface area contributed by atoms with Crippen LogP contribution in [0.2, 0.25) is 0 Å². The molecule has 94 valence electrons. The summed E-state index contributed by atoms with van der Waals surface area (Å²) in [6.45, 7) is 19.3. The summed E-state index contributed by atoms with van der Waals surface area (Å²) < 4.78 is 0. The Labute approximate surface area is 106 Å². The Morgan fingerprint density at radius 3 is 1.53 bits per heavy atom. The quantitative estimate of drug-likeness (QED) is 0.505. The van der Waals surface area contributed by atoms with E-state index in [4.69, 9.17) is 0 Å². The van der Waals surface area contributed by atoms with Gasteiger partial charge in [-0.1, -0.05) is 30.4 Å². The highest BCUT2D eigenvalue weighted by Crippen LogP contribution is 1.94. The first-order valence-electron chi connectivity index (χ1n) is 5.85. The van der Waals surface area contributed by atoms with Crippen LogP contribution in [0.3, 0.4) is 0 Å². The van der Waals surface area contributed by atoms with Gasteiger partial charge in [-0.15, -0.1) is 26.3 Å². The van der Waals surface area contributed by atoms with Gasteiger partial charge in [-0.3, -0.25) is 4.90 Å². The zero-order valence-corrected chi connectivity index (χ0v) is 10.7. The van der Waals surface area contributed by atoms with Crippen LogP contribution in [0.25, 0.3) is 0 Å². The van der Waals surface area contributed by atoms with Gasteiger partial charge in [-0.05, 0) is 6.20 Å². The molecule has 0 radical (unpaired) electrons. The summed E-state index contributed by atoms with van der Waals surface area (Å²) in [4.78, 5) is 4.40. The minimum atomic E-state index is 0.839. The van der Waals surface area contributed by atoms with Crippen molar-refractivity contribution in [3.05, 3.63) is 62.9 Å². The average Bonchev–Trinajstić information content (AvgIpc) is 2.30. The molecule has 2 nitrogen and oxygen atoms in total. The maximum Gasteiger partial charge on any atom is 0.0354 e. The molecule has 0 saturated heterocycles. The van der Waals surface area contributed by atoms with E-state index in [9.17, 15) is 0 Å². The second kappa shape index (κ2) is 11.0. The third-order valence-electron chi connectivity index (χ3n) is 2.18. The normalized spacial score (nSPS) is 10.4. The number of rotatable bonds is 11. The smallest absolute Gasteiger partial charge is 0.0354 e. The van der Waals surface area contributed by atoms with Gasteiger partial charge >= 0.3 is 0 Å². The van der Waals surface area contributed by atoms with Gasteiger partial charge in [-0.2, -0.15) is 0 Å². The van der Waals surface area contributed by atoms with Crippen molar-refractivity contribution in [1.82, 2.24) is 9.80 Å². The fourth-order valence-electron chi connectivity index (χ4n) is 1.46. The minimum Gasteiger partial charge on any atom is -0.370 e. The summed E-state index contributed by atoms with van der Waals surface area (Å²) >= 11 is 0. The first-order valence-corrected chi connectivity index (χ1v) is 5.85. The van der Waals surface area contributed by atoms with Gasteiger partial charge in [0.15, 0.2) is 0 Å². The first kappa shape index (κ1) is 15.5. The Morgan fingerprint density at radius 2 is 1.12 bits per heavy atom. The molecule has 0 amide bonds. The van der Waals surface area contributed by atoms with Gasteiger partial charge in [0.2, 0.25) is 0 Å². The van der Waals surface area contributed by atoms with E-state index in [1.807, 2.05) is 24.3 Å². The van der Waals surface area contributed by atoms with Crippen molar-refractivity contribution in [2.24, 2.45) is 0 Å². The Kier molecular flexibility index (Phi) is 9.97. The predicted octanol–water partition coefficient (Wildman–Crippen LogP) is 2.85. The molecule has 0 atom stereocenters. The maximum atomic E-state index is 3.75. The lowest BCUT2D eigenvalue weighted by Crippen LogP contribution is -2.24. The molecule has 0 bridgehead atoms. The fraction of sp³-hybridized carbons (Fsp3) is 0.333. The van der Waals surface area contributed by atoms with E-state index in [2.05, 4.69) is 48.4 Å². The summed E-state index contributed by atoms with van der Waals surface area (Å²) in [6, 6.07) is 0. The third kappa shape index (κ3) is 8.29. The fourth-order valence-corrected chi connectivity index (χ4v) is 1.46. The van der Waals surface area contributed by atoms with Crippen LogP contribution in [0.1, 0.15) is 0 Å². The molecule has 2 heteroatoms. The standard InChI is InChI=1S/C15H24N2/c1-5-10-16(11-6-2)14-9-15-17(12-7-3)13-8-4/h5-9,14H,1-4,10-13,15H2/b14-9+. The summed E-state index contributed by atoms with van der Waals surface area (Å²) in [7, 11) is 0. The highest BCUT2D eigenvalue weighted by atomic mass is 15.1. The Hall–Kier alpha value is -1.54. The van der Waals surface area contributed by atoms with Gasteiger partial charge in [-0.25, -0.2) is 0 Å². The molecule has 0 aliphatic carbocycles. The zero-order valence-electron chi connectivity index (χ0n) is 10.7. The van der Waals surface area contributed by atoms with Crippen LogP contribution in [-0.4, -0.2) is 42.5 Å². The van der Waals surface area contributed by atoms with E-state index in [1.54, 1.807) is 0 Å². The second-order valence-electron chi connectivity index (χ2n) is 3.71. The molecule has 0 aliphatic heterocycles. The van der Waals surface area contributed by atoms with Gasteiger partial charge < -0.3 is 4.90 Å². The summed E-state index contributed by atoms with van der Waals surface area (Å²) in [5, 5.41) is 0. The van der Waals surface area contributed by atoms with Crippen molar-refractivity contribution in [2.45, 2.75) is 0 Å². The monoisotopic (exact) mass is 232 g/mol. The van der Waals surface area contributed by atoms with Crippen molar-refractivity contribution in [3.8, 4) is 0 Å². The van der Waals surface area contributed by atoms with Crippen LogP contribution in [0, 0.1) is 0 Å². The van der Waals surface area contributed by atoms with Crippen molar-refractivity contribution >= 4 is 0 Å². The average molecular weight is 232 g/mol. The lowest BCUT2D eigenvalue weighted by atomic mass is 10.4. The van der Waals surface area contributed by atoms with E-state index in [-0.39, 0.29) is 0 Å². The Balaban J connectivity index is 4.16. The maximum absolute atomic E-state index is 3.75. The molecule has 0 aromatic carbocycles. The molecule has 0 aromatic rings. The van der Waals surface area contributed by atoms with E-state index < -0.39 is 0 Å². The van der Waals surface area contributed by atoms with Gasteiger partial charge in [0, 0.05) is 32.7 Å². The zero-order chi connectivity index (χ0) is 12.9. The lowest BCUT2D eigenvalue weighted by molar-refractivity contribution is 0.368. The Bertz CT molecular complexity index is 246. The van der Waals surface area contributed by atoms with Crippen LogP contribution in [0.15, 0.2) is 62.9 Å². The molecule has 0 spiro atoms. The highest BCUT2D eigenvalue weighted by molar-refractivity contribution is 4.93. The number of nitrogens with zero attached hydrogens (tertiary/aromatic N) is 2. The highest BCUT2D eigenvalue weighted by Gasteiger charge is 1.97. The molecule has 0 heterocycles. The molecular formula is C15H24N2. The van der Waals surface area contributed by atoms with Crippen LogP contribution in [0.4, 0.5) is 0 Å². The molecule has 0 N–H and O–H groups in total. The first-order chi connectivity index (χ1) is 8.28. The number of hydrogen-bond acceptors (Lipinski definition) is 2. The molecule has 0 saturated carbocycles. The van der Waals surface area contributed by atoms with Crippen molar-refractivity contribution in [1.29, 1.82) is 0 Å². The van der Waals surface area contributed by atoms with Gasteiger partial charge in [0.1, 0.15) is 0 Å². The second-order valence-corrected chi connectivity index (χ2v) is 3.71. The third-order valence-corrected chi connectivity index (χ3v) is 2.18. The SMILES string of the molecule is C=CCN(/C=C/CN(CC=C)CC=C)CC=C. The van der Waals surface area contributed by atoms with Crippen molar-refractivity contribution in [2.75, 3.05) is 32.7 Å².